The van der Waals surface area contributed by atoms with E-state index in [1.165, 1.54) is 21.5 Å². The summed E-state index contributed by atoms with van der Waals surface area (Å²) in [6.45, 7) is 6.58. The van der Waals surface area contributed by atoms with Crippen LogP contribution < -0.4 is 4.90 Å². The number of aryl methyl sites for hydroxylation is 1. The maximum absolute atomic E-state index is 13.0. The number of pyridine rings is 1. The molecule has 2 heterocycles. The second kappa shape index (κ2) is 8.32. The fourth-order valence-electron chi connectivity index (χ4n) is 2.68. The summed E-state index contributed by atoms with van der Waals surface area (Å²) in [7, 11) is -1.96. The third kappa shape index (κ3) is 3.99. The van der Waals surface area contributed by atoms with Gasteiger partial charge in [-0.15, -0.1) is 0 Å². The number of aromatic nitrogens is 2. The average molecular weight is 443 g/mol. The average Bonchev–Trinajstić information content (AvgIpc) is 3.00. The van der Waals surface area contributed by atoms with Gasteiger partial charge in [0.25, 0.3) is 5.91 Å². The van der Waals surface area contributed by atoms with Crippen molar-refractivity contribution >= 4 is 37.7 Å². The van der Waals surface area contributed by atoms with E-state index in [2.05, 4.69) is 20.9 Å². The number of hydrogen-bond donors (Lipinski definition) is 0. The fraction of sp³-hybridized carbons (Fsp3) is 0.412. The molecule has 0 saturated carbocycles. The zero-order valence-electron chi connectivity index (χ0n) is 15.3. The van der Waals surface area contributed by atoms with Crippen molar-refractivity contribution in [1.29, 1.82) is 0 Å². The van der Waals surface area contributed by atoms with Gasteiger partial charge in [-0.25, -0.2) is 13.4 Å². The smallest absolute Gasteiger partial charge is 0.276 e. The summed E-state index contributed by atoms with van der Waals surface area (Å²) in [4.78, 5) is 18.9. The molecule has 0 saturated heterocycles. The normalized spacial score (nSPS) is 11.8. The molecule has 0 spiro atoms. The number of sulfonamides is 1. The van der Waals surface area contributed by atoms with Gasteiger partial charge in [0.1, 0.15) is 16.4 Å². The molecule has 7 nitrogen and oxygen atoms in total. The number of anilines is 1. The highest BCUT2D eigenvalue weighted by molar-refractivity contribution is 9.10. The Balaban J connectivity index is 2.41. The van der Waals surface area contributed by atoms with Gasteiger partial charge in [0.05, 0.1) is 0 Å². The molecule has 0 aliphatic carbocycles. The number of amides is 1. The lowest BCUT2D eigenvalue weighted by molar-refractivity contribution is 0.0979. The van der Waals surface area contributed by atoms with Gasteiger partial charge in [0.15, 0.2) is 0 Å². The Bertz CT molecular complexity index is 874. The van der Waals surface area contributed by atoms with Crippen LogP contribution in [0.2, 0.25) is 0 Å². The molecule has 142 valence electrons. The zero-order valence-corrected chi connectivity index (χ0v) is 17.7. The molecule has 0 atom stereocenters. The molecule has 0 bridgehead atoms. The molecule has 2 aromatic heterocycles. The molecule has 0 fully saturated rings. The Kier molecular flexibility index (Phi) is 6.59. The lowest BCUT2D eigenvalue weighted by atomic mass is 10.3. The molecule has 0 aliphatic heterocycles. The molecular formula is C17H23BrN4O3S. The van der Waals surface area contributed by atoms with Crippen molar-refractivity contribution in [2.24, 2.45) is 7.05 Å². The maximum atomic E-state index is 13.0. The van der Waals surface area contributed by atoms with Gasteiger partial charge in [-0.2, -0.15) is 4.31 Å². The standard InChI is InChI=1S/C17H23BrN4O3S/c1-5-21(6-2)26(24,25)14-10-15(20(4)12-14)17(23)22(7-3)16-9-8-13(18)11-19-16/h8-12H,5-7H2,1-4H3. The highest BCUT2D eigenvalue weighted by Crippen LogP contribution is 2.22. The lowest BCUT2D eigenvalue weighted by Gasteiger charge is -2.20. The first-order chi connectivity index (χ1) is 12.3. The summed E-state index contributed by atoms with van der Waals surface area (Å²) in [5, 5.41) is 0. The molecular weight excluding hydrogens is 420 g/mol. The Morgan fingerprint density at radius 1 is 1.19 bits per heavy atom. The van der Waals surface area contributed by atoms with E-state index in [1.807, 2.05) is 6.92 Å². The summed E-state index contributed by atoms with van der Waals surface area (Å²) in [6.07, 6.45) is 3.09. The first-order valence-electron chi connectivity index (χ1n) is 8.36. The van der Waals surface area contributed by atoms with Crippen LogP contribution in [0, 0.1) is 0 Å². The first-order valence-corrected chi connectivity index (χ1v) is 10.6. The topological polar surface area (TPSA) is 75.5 Å². The largest absolute Gasteiger partial charge is 0.345 e. The van der Waals surface area contributed by atoms with Crippen LogP contribution in [0.15, 0.2) is 40.0 Å². The van der Waals surface area contributed by atoms with Crippen molar-refractivity contribution in [3.05, 3.63) is 40.8 Å². The monoisotopic (exact) mass is 442 g/mol. The highest BCUT2D eigenvalue weighted by Gasteiger charge is 2.27. The van der Waals surface area contributed by atoms with E-state index in [0.717, 1.165) is 4.47 Å². The van der Waals surface area contributed by atoms with Crippen LogP contribution >= 0.6 is 15.9 Å². The van der Waals surface area contributed by atoms with Crippen LogP contribution in [-0.4, -0.2) is 47.8 Å². The number of carbonyl (C=O) groups is 1. The maximum Gasteiger partial charge on any atom is 0.276 e. The van der Waals surface area contributed by atoms with Gasteiger partial charge >= 0.3 is 0 Å². The third-order valence-electron chi connectivity index (χ3n) is 4.09. The van der Waals surface area contributed by atoms with Crippen LogP contribution in [0.4, 0.5) is 5.82 Å². The second-order valence-corrected chi connectivity index (χ2v) is 8.50. The van der Waals surface area contributed by atoms with Gasteiger partial charge in [0, 0.05) is 43.5 Å². The number of hydrogen-bond acceptors (Lipinski definition) is 4. The molecule has 0 aromatic carbocycles. The summed E-state index contributed by atoms with van der Waals surface area (Å²) in [6, 6.07) is 4.97. The second-order valence-electron chi connectivity index (χ2n) is 5.65. The first kappa shape index (κ1) is 20.6. The number of halogens is 1. The van der Waals surface area contributed by atoms with Gasteiger partial charge in [-0.1, -0.05) is 13.8 Å². The van der Waals surface area contributed by atoms with Gasteiger partial charge in [-0.3, -0.25) is 9.69 Å². The molecule has 2 rings (SSSR count). The molecule has 2 aromatic rings. The molecule has 26 heavy (non-hydrogen) atoms. The Hall–Kier alpha value is -1.71. The van der Waals surface area contributed by atoms with Crippen LogP contribution in [0.1, 0.15) is 31.3 Å². The predicted octanol–water partition coefficient (Wildman–Crippen LogP) is 2.88. The summed E-state index contributed by atoms with van der Waals surface area (Å²) in [5.74, 6) is 0.209. The molecule has 0 radical (unpaired) electrons. The lowest BCUT2D eigenvalue weighted by Crippen LogP contribution is -2.32. The number of rotatable bonds is 7. The minimum Gasteiger partial charge on any atom is -0.345 e. The van der Waals surface area contributed by atoms with Crippen molar-refractivity contribution in [1.82, 2.24) is 13.9 Å². The summed E-state index contributed by atoms with van der Waals surface area (Å²) < 4.78 is 29.1. The van der Waals surface area contributed by atoms with E-state index < -0.39 is 10.0 Å². The van der Waals surface area contributed by atoms with Crippen molar-refractivity contribution in [2.75, 3.05) is 24.5 Å². The number of nitrogens with zero attached hydrogens (tertiary/aromatic N) is 4. The van der Waals surface area contributed by atoms with Crippen molar-refractivity contribution in [2.45, 2.75) is 25.7 Å². The van der Waals surface area contributed by atoms with E-state index in [1.54, 1.807) is 43.8 Å². The molecule has 0 aliphatic rings. The van der Waals surface area contributed by atoms with Gasteiger partial charge < -0.3 is 4.57 Å². The van der Waals surface area contributed by atoms with Crippen molar-refractivity contribution < 1.29 is 13.2 Å². The predicted molar refractivity (Wildman–Crippen MR) is 105 cm³/mol. The zero-order chi connectivity index (χ0) is 19.5. The van der Waals surface area contributed by atoms with Crippen LogP contribution in [0.5, 0.6) is 0 Å². The Morgan fingerprint density at radius 3 is 2.35 bits per heavy atom. The van der Waals surface area contributed by atoms with E-state index in [9.17, 15) is 13.2 Å². The van der Waals surface area contributed by atoms with E-state index in [-0.39, 0.29) is 10.8 Å². The minimum absolute atomic E-state index is 0.117. The molecule has 0 unspecified atom stereocenters. The number of carbonyl (C=O) groups excluding carboxylic acids is 1. The summed E-state index contributed by atoms with van der Waals surface area (Å²) in [5.41, 5.74) is 0.294. The van der Waals surface area contributed by atoms with Crippen LogP contribution in [0.3, 0.4) is 0 Å². The van der Waals surface area contributed by atoms with E-state index >= 15 is 0 Å². The SMILES string of the molecule is CCN(C(=O)c1cc(S(=O)(=O)N(CC)CC)cn1C)c1ccc(Br)cn1. The molecule has 9 heteroatoms. The van der Waals surface area contributed by atoms with Crippen molar-refractivity contribution in [3.8, 4) is 0 Å². The van der Waals surface area contributed by atoms with Gasteiger partial charge in [-0.05, 0) is 41.1 Å². The van der Waals surface area contributed by atoms with E-state index in [4.69, 9.17) is 0 Å². The molecule has 1 amide bonds. The molecule has 0 N–H and O–H groups in total. The Labute approximate surface area is 162 Å². The highest BCUT2D eigenvalue weighted by atomic mass is 79.9. The quantitative estimate of drug-likeness (QED) is 0.660. The Morgan fingerprint density at radius 2 is 1.85 bits per heavy atom. The van der Waals surface area contributed by atoms with Crippen LogP contribution in [0.25, 0.3) is 0 Å². The third-order valence-corrected chi connectivity index (χ3v) is 6.58. The summed E-state index contributed by atoms with van der Waals surface area (Å²) >= 11 is 3.32. The van der Waals surface area contributed by atoms with Gasteiger partial charge in [0.2, 0.25) is 10.0 Å². The fourth-order valence-corrected chi connectivity index (χ4v) is 4.44. The van der Waals surface area contributed by atoms with E-state index in [0.29, 0.717) is 31.1 Å². The van der Waals surface area contributed by atoms with Crippen molar-refractivity contribution in [3.63, 3.8) is 0 Å². The minimum atomic E-state index is -3.62. The van der Waals surface area contributed by atoms with Crippen LogP contribution in [-0.2, 0) is 17.1 Å².